The van der Waals surface area contributed by atoms with Crippen LogP contribution in [0.4, 0.5) is 5.69 Å². The van der Waals surface area contributed by atoms with Crippen LogP contribution in [-0.2, 0) is 4.79 Å². The van der Waals surface area contributed by atoms with Gasteiger partial charge in [0.15, 0.2) is 0 Å². The van der Waals surface area contributed by atoms with E-state index in [9.17, 15) is 4.79 Å². The van der Waals surface area contributed by atoms with E-state index in [2.05, 4.69) is 20.5 Å². The van der Waals surface area contributed by atoms with Crippen LogP contribution in [-0.4, -0.2) is 44.5 Å². The van der Waals surface area contributed by atoms with Gasteiger partial charge in [0, 0.05) is 49.5 Å². The highest BCUT2D eigenvalue weighted by Gasteiger charge is 2.11. The van der Waals surface area contributed by atoms with Crippen molar-refractivity contribution in [2.45, 2.75) is 6.42 Å². The number of piperazine rings is 1. The number of dihydropyridines is 1. The van der Waals surface area contributed by atoms with Crippen molar-refractivity contribution in [3.63, 3.8) is 0 Å². The summed E-state index contributed by atoms with van der Waals surface area (Å²) in [7, 11) is 0. The minimum absolute atomic E-state index is 0.206. The number of carbonyl (C=O) groups excluding carboxylic acids is 1. The molecular formula is C18H21ClN4O. The van der Waals surface area contributed by atoms with Crippen LogP contribution < -0.4 is 15.5 Å². The number of aliphatic imine (C=N–C) groups is 1. The van der Waals surface area contributed by atoms with E-state index in [-0.39, 0.29) is 5.91 Å². The zero-order valence-corrected chi connectivity index (χ0v) is 14.2. The topological polar surface area (TPSA) is 56.7 Å². The van der Waals surface area contributed by atoms with E-state index in [1.54, 1.807) is 6.08 Å². The SMILES string of the molecule is O=C(/C=C/c1ccc(N2CCNCC2)cc1Cl)NC1=NCCC=C1. The van der Waals surface area contributed by atoms with Gasteiger partial charge in [0.25, 0.3) is 0 Å². The molecule has 1 fully saturated rings. The molecule has 1 aromatic rings. The summed E-state index contributed by atoms with van der Waals surface area (Å²) in [6, 6.07) is 5.95. The molecule has 0 bridgehead atoms. The highest BCUT2D eigenvalue weighted by atomic mass is 35.5. The highest BCUT2D eigenvalue weighted by Crippen LogP contribution is 2.25. The smallest absolute Gasteiger partial charge is 0.249 e. The number of hydrogen-bond acceptors (Lipinski definition) is 4. The highest BCUT2D eigenvalue weighted by molar-refractivity contribution is 6.32. The van der Waals surface area contributed by atoms with Crippen LogP contribution in [0.3, 0.4) is 0 Å². The number of amides is 1. The number of amidine groups is 1. The summed E-state index contributed by atoms with van der Waals surface area (Å²) < 4.78 is 0. The molecule has 1 amide bonds. The summed E-state index contributed by atoms with van der Waals surface area (Å²) in [5, 5.41) is 6.73. The number of hydrogen-bond donors (Lipinski definition) is 2. The normalized spacial score (nSPS) is 17.9. The summed E-state index contributed by atoms with van der Waals surface area (Å²) in [5.74, 6) is 0.401. The van der Waals surface area contributed by atoms with Crippen molar-refractivity contribution in [1.29, 1.82) is 0 Å². The zero-order valence-electron chi connectivity index (χ0n) is 13.5. The molecular weight excluding hydrogens is 324 g/mol. The molecule has 126 valence electrons. The molecule has 0 saturated carbocycles. The van der Waals surface area contributed by atoms with Crippen molar-refractivity contribution in [3.05, 3.63) is 47.0 Å². The van der Waals surface area contributed by atoms with Crippen LogP contribution in [0.2, 0.25) is 5.02 Å². The van der Waals surface area contributed by atoms with Crippen LogP contribution in [0.1, 0.15) is 12.0 Å². The van der Waals surface area contributed by atoms with Gasteiger partial charge in [-0.2, -0.15) is 0 Å². The third-order valence-electron chi connectivity index (χ3n) is 3.99. The quantitative estimate of drug-likeness (QED) is 0.827. The fourth-order valence-corrected chi connectivity index (χ4v) is 2.93. The zero-order chi connectivity index (χ0) is 16.8. The van der Waals surface area contributed by atoms with Crippen molar-refractivity contribution in [3.8, 4) is 0 Å². The second-order valence-corrected chi connectivity index (χ2v) is 6.13. The van der Waals surface area contributed by atoms with Gasteiger partial charge in [-0.15, -0.1) is 0 Å². The number of halogens is 1. The fourth-order valence-electron chi connectivity index (χ4n) is 2.69. The standard InChI is InChI=1S/C18H21ClN4O/c19-16-13-15(23-11-9-20-10-12-23)6-4-14(16)5-7-18(24)22-17-3-1-2-8-21-17/h1,3-7,13,20H,2,8-12H2,(H,21,22,24)/b7-5+. The third kappa shape index (κ3) is 4.46. The molecule has 2 aliphatic heterocycles. The maximum absolute atomic E-state index is 11.9. The van der Waals surface area contributed by atoms with Gasteiger partial charge in [-0.3, -0.25) is 9.79 Å². The molecule has 5 nitrogen and oxygen atoms in total. The van der Waals surface area contributed by atoms with E-state index in [1.807, 2.05) is 30.4 Å². The maximum Gasteiger partial charge on any atom is 0.249 e. The molecule has 0 unspecified atom stereocenters. The minimum Gasteiger partial charge on any atom is -0.369 e. The van der Waals surface area contributed by atoms with Gasteiger partial charge in [-0.25, -0.2) is 0 Å². The first-order valence-corrected chi connectivity index (χ1v) is 8.55. The van der Waals surface area contributed by atoms with E-state index in [0.717, 1.165) is 50.4 Å². The van der Waals surface area contributed by atoms with E-state index >= 15 is 0 Å². The van der Waals surface area contributed by atoms with Crippen molar-refractivity contribution in [2.75, 3.05) is 37.6 Å². The summed E-state index contributed by atoms with van der Waals surface area (Å²) in [5.41, 5.74) is 1.94. The first-order chi connectivity index (χ1) is 11.7. The first-order valence-electron chi connectivity index (χ1n) is 8.18. The van der Waals surface area contributed by atoms with Gasteiger partial charge in [0.1, 0.15) is 5.84 Å². The number of nitrogens with one attached hydrogen (secondary N) is 2. The molecule has 0 radical (unpaired) electrons. The van der Waals surface area contributed by atoms with Crippen molar-refractivity contribution in [2.24, 2.45) is 4.99 Å². The van der Waals surface area contributed by atoms with Crippen LogP contribution in [0.5, 0.6) is 0 Å². The molecule has 2 aliphatic rings. The molecule has 24 heavy (non-hydrogen) atoms. The Morgan fingerprint density at radius 2 is 2.17 bits per heavy atom. The number of nitrogens with zero attached hydrogens (tertiary/aromatic N) is 2. The Balaban J connectivity index is 1.62. The van der Waals surface area contributed by atoms with Gasteiger partial charge in [-0.1, -0.05) is 23.7 Å². The molecule has 0 aromatic heterocycles. The van der Waals surface area contributed by atoms with Gasteiger partial charge in [-0.05, 0) is 36.3 Å². The molecule has 0 atom stereocenters. The van der Waals surface area contributed by atoms with E-state index in [1.165, 1.54) is 6.08 Å². The average Bonchev–Trinajstić information content (AvgIpc) is 2.62. The Morgan fingerprint density at radius 3 is 2.88 bits per heavy atom. The van der Waals surface area contributed by atoms with Gasteiger partial charge >= 0.3 is 0 Å². The van der Waals surface area contributed by atoms with Crippen LogP contribution in [0.15, 0.2) is 41.4 Å². The van der Waals surface area contributed by atoms with Gasteiger partial charge < -0.3 is 15.5 Å². The lowest BCUT2D eigenvalue weighted by molar-refractivity contribution is -0.115. The molecule has 6 heteroatoms. The second kappa shape index (κ2) is 8.13. The van der Waals surface area contributed by atoms with Crippen LogP contribution in [0, 0.1) is 0 Å². The Kier molecular flexibility index (Phi) is 5.67. The Hall–Kier alpha value is -2.11. The van der Waals surface area contributed by atoms with Crippen molar-refractivity contribution in [1.82, 2.24) is 10.6 Å². The first kappa shape index (κ1) is 16.7. The Bertz CT molecular complexity index is 690. The molecule has 1 saturated heterocycles. The van der Waals surface area contributed by atoms with E-state index in [0.29, 0.717) is 10.9 Å². The number of rotatable bonds is 3. The van der Waals surface area contributed by atoms with Gasteiger partial charge in [0.05, 0.1) is 0 Å². The molecule has 2 heterocycles. The predicted octanol–water partition coefficient (Wildman–Crippen LogP) is 2.24. The van der Waals surface area contributed by atoms with Gasteiger partial charge in [0.2, 0.25) is 5.91 Å². The monoisotopic (exact) mass is 344 g/mol. The van der Waals surface area contributed by atoms with Crippen LogP contribution >= 0.6 is 11.6 Å². The summed E-state index contributed by atoms with van der Waals surface area (Å²) >= 11 is 6.36. The summed E-state index contributed by atoms with van der Waals surface area (Å²) in [6.07, 6.45) is 7.95. The molecule has 1 aromatic carbocycles. The van der Waals surface area contributed by atoms with E-state index < -0.39 is 0 Å². The molecule has 3 rings (SSSR count). The summed E-state index contributed by atoms with van der Waals surface area (Å²) in [4.78, 5) is 18.5. The van der Waals surface area contributed by atoms with Crippen molar-refractivity contribution >= 4 is 35.1 Å². The maximum atomic E-state index is 11.9. The number of benzene rings is 1. The second-order valence-electron chi connectivity index (χ2n) is 5.72. The lowest BCUT2D eigenvalue weighted by Gasteiger charge is -2.29. The van der Waals surface area contributed by atoms with Crippen LogP contribution in [0.25, 0.3) is 6.08 Å². The summed E-state index contributed by atoms with van der Waals surface area (Å²) in [6.45, 7) is 4.64. The third-order valence-corrected chi connectivity index (χ3v) is 4.31. The fraction of sp³-hybridized carbons (Fsp3) is 0.333. The molecule has 0 spiro atoms. The van der Waals surface area contributed by atoms with E-state index in [4.69, 9.17) is 11.6 Å². The predicted molar refractivity (Wildman–Crippen MR) is 99.8 cm³/mol. The molecule has 0 aliphatic carbocycles. The molecule has 2 N–H and O–H groups in total. The lowest BCUT2D eigenvalue weighted by Crippen LogP contribution is -2.43. The van der Waals surface area contributed by atoms with Crippen molar-refractivity contribution < 1.29 is 4.79 Å². The lowest BCUT2D eigenvalue weighted by atomic mass is 10.1. The Labute approximate surface area is 147 Å². The average molecular weight is 345 g/mol. The number of anilines is 1. The number of carbonyl (C=O) groups is 1. The largest absolute Gasteiger partial charge is 0.369 e. The Morgan fingerprint density at radius 1 is 1.33 bits per heavy atom. The minimum atomic E-state index is -0.206.